The average Bonchev–Trinajstić information content (AvgIpc) is 3.01. The summed E-state index contributed by atoms with van der Waals surface area (Å²) in [5.41, 5.74) is 0.666. The average molecular weight is 313 g/mol. The molecule has 1 aromatic heterocycles. The van der Waals surface area contributed by atoms with Crippen molar-refractivity contribution >= 4 is 16.9 Å². The highest BCUT2D eigenvalue weighted by molar-refractivity contribution is 5.77. The Hall–Kier alpha value is -2.02. The predicted molar refractivity (Wildman–Crippen MR) is 72.2 cm³/mol. The third-order valence-electron chi connectivity index (χ3n) is 3.99. The zero-order valence-corrected chi connectivity index (χ0v) is 11.5. The van der Waals surface area contributed by atoms with Gasteiger partial charge in [0.25, 0.3) is 0 Å². The summed E-state index contributed by atoms with van der Waals surface area (Å²) >= 11 is 0. The molecule has 4 nitrogen and oxygen atoms in total. The van der Waals surface area contributed by atoms with Gasteiger partial charge in [0, 0.05) is 18.5 Å². The maximum atomic E-state index is 12.9. The van der Waals surface area contributed by atoms with Gasteiger partial charge in [-0.05, 0) is 12.1 Å². The van der Waals surface area contributed by atoms with E-state index in [9.17, 15) is 18.0 Å². The van der Waals surface area contributed by atoms with Gasteiger partial charge in [-0.25, -0.2) is 0 Å². The van der Waals surface area contributed by atoms with Gasteiger partial charge in [-0.3, -0.25) is 9.69 Å². The van der Waals surface area contributed by atoms with E-state index in [2.05, 4.69) is 0 Å². The van der Waals surface area contributed by atoms with E-state index in [0.717, 1.165) is 5.39 Å². The number of alkyl halides is 3. The lowest BCUT2D eigenvalue weighted by Crippen LogP contribution is -2.33. The maximum absolute atomic E-state index is 12.9. The third kappa shape index (κ3) is 2.81. The quantitative estimate of drug-likeness (QED) is 0.946. The molecule has 0 amide bonds. The van der Waals surface area contributed by atoms with Crippen molar-refractivity contribution in [3.8, 4) is 0 Å². The first-order chi connectivity index (χ1) is 10.3. The Labute approximate surface area is 124 Å². The highest BCUT2D eigenvalue weighted by Crippen LogP contribution is 2.38. The van der Waals surface area contributed by atoms with Crippen molar-refractivity contribution in [1.29, 1.82) is 0 Å². The highest BCUT2D eigenvalue weighted by Gasteiger charge is 2.52. The Bertz CT molecular complexity index is 662. The fourth-order valence-electron chi connectivity index (χ4n) is 2.93. The summed E-state index contributed by atoms with van der Waals surface area (Å²) in [6.07, 6.45) is -4.51. The van der Waals surface area contributed by atoms with Crippen LogP contribution in [0, 0.1) is 11.8 Å². The molecule has 0 saturated carbocycles. The molecular formula is C15H14F3NO3. The van der Waals surface area contributed by atoms with E-state index in [4.69, 9.17) is 9.52 Å². The topological polar surface area (TPSA) is 53.7 Å². The molecule has 0 aliphatic carbocycles. The van der Waals surface area contributed by atoms with E-state index >= 15 is 0 Å². The van der Waals surface area contributed by atoms with Crippen molar-refractivity contribution < 1.29 is 27.5 Å². The molecule has 0 spiro atoms. The number of likely N-dealkylation sites (tertiary alicyclic amines) is 1. The first-order valence-electron chi connectivity index (χ1n) is 6.84. The van der Waals surface area contributed by atoms with Crippen LogP contribution >= 0.6 is 0 Å². The van der Waals surface area contributed by atoms with Crippen molar-refractivity contribution in [2.45, 2.75) is 12.7 Å². The van der Waals surface area contributed by atoms with Gasteiger partial charge in [-0.15, -0.1) is 0 Å². The van der Waals surface area contributed by atoms with Gasteiger partial charge in [0.1, 0.15) is 11.3 Å². The number of carboxylic acid groups (broad SMARTS) is 1. The molecule has 1 aromatic carbocycles. The number of nitrogens with zero attached hydrogens (tertiary/aromatic N) is 1. The number of halogens is 3. The van der Waals surface area contributed by atoms with Crippen LogP contribution < -0.4 is 0 Å². The standard InChI is InChI=1S/C15H14F3NO3/c16-15(17,18)12-8-19(7-11(12)14(20)21)6-10-5-9-3-1-2-4-13(9)22-10/h1-5,11-12H,6-8H2,(H,20,21)/t11-,12-/m1/s1. The molecule has 1 N–H and O–H groups in total. The second kappa shape index (κ2) is 5.31. The number of aliphatic carboxylic acids is 1. The molecular weight excluding hydrogens is 299 g/mol. The van der Waals surface area contributed by atoms with Crippen LogP contribution in [0.2, 0.25) is 0 Å². The van der Waals surface area contributed by atoms with Gasteiger partial charge >= 0.3 is 12.1 Å². The van der Waals surface area contributed by atoms with Crippen molar-refractivity contribution in [3.05, 3.63) is 36.1 Å². The Morgan fingerprint density at radius 3 is 2.64 bits per heavy atom. The van der Waals surface area contributed by atoms with Crippen molar-refractivity contribution in [3.63, 3.8) is 0 Å². The summed E-state index contributed by atoms with van der Waals surface area (Å²) in [4.78, 5) is 12.5. The molecule has 3 rings (SSSR count). The van der Waals surface area contributed by atoms with Crippen molar-refractivity contribution in [1.82, 2.24) is 4.90 Å². The smallest absolute Gasteiger partial charge is 0.393 e. The zero-order chi connectivity index (χ0) is 15.9. The number of fused-ring (bicyclic) bond motifs is 1. The Kier molecular flexibility index (Phi) is 3.60. The SMILES string of the molecule is O=C(O)[C@@H]1CN(Cc2cc3ccccc3o2)C[C@H]1C(F)(F)F. The van der Waals surface area contributed by atoms with Gasteiger partial charge in [-0.1, -0.05) is 18.2 Å². The van der Waals surface area contributed by atoms with Crippen LogP contribution in [0.1, 0.15) is 5.76 Å². The van der Waals surface area contributed by atoms with Crippen LogP contribution in [-0.2, 0) is 11.3 Å². The van der Waals surface area contributed by atoms with Gasteiger partial charge in [0.15, 0.2) is 0 Å². The van der Waals surface area contributed by atoms with Crippen molar-refractivity contribution in [2.24, 2.45) is 11.8 Å². The van der Waals surface area contributed by atoms with E-state index in [1.165, 1.54) is 4.90 Å². The summed E-state index contributed by atoms with van der Waals surface area (Å²) in [6.45, 7) is -0.279. The van der Waals surface area contributed by atoms with E-state index in [1.54, 1.807) is 12.1 Å². The summed E-state index contributed by atoms with van der Waals surface area (Å²) < 4.78 is 44.4. The minimum atomic E-state index is -4.51. The summed E-state index contributed by atoms with van der Waals surface area (Å²) in [5.74, 6) is -4.14. The fourth-order valence-corrected chi connectivity index (χ4v) is 2.93. The molecule has 1 aliphatic rings. The number of hydrogen-bond donors (Lipinski definition) is 1. The zero-order valence-electron chi connectivity index (χ0n) is 11.5. The first kappa shape index (κ1) is 14.9. The van der Waals surface area contributed by atoms with Crippen LogP contribution in [0.25, 0.3) is 11.0 Å². The molecule has 7 heteroatoms. The largest absolute Gasteiger partial charge is 0.481 e. The lowest BCUT2D eigenvalue weighted by Gasteiger charge is -2.18. The minimum Gasteiger partial charge on any atom is -0.481 e. The molecule has 118 valence electrons. The first-order valence-corrected chi connectivity index (χ1v) is 6.84. The molecule has 2 aromatic rings. The van der Waals surface area contributed by atoms with Crippen LogP contribution in [0.5, 0.6) is 0 Å². The Balaban J connectivity index is 1.77. The molecule has 22 heavy (non-hydrogen) atoms. The van der Waals surface area contributed by atoms with Crippen LogP contribution in [0.4, 0.5) is 13.2 Å². The van der Waals surface area contributed by atoms with Gasteiger partial charge in [0.05, 0.1) is 18.4 Å². The number of furan rings is 1. The minimum absolute atomic E-state index is 0.128. The van der Waals surface area contributed by atoms with E-state index in [-0.39, 0.29) is 19.6 Å². The number of carbonyl (C=O) groups is 1. The normalized spacial score (nSPS) is 23.2. The molecule has 0 bridgehead atoms. The van der Waals surface area contributed by atoms with Gasteiger partial charge in [-0.2, -0.15) is 13.2 Å². The summed E-state index contributed by atoms with van der Waals surface area (Å²) in [7, 11) is 0. The lowest BCUT2D eigenvalue weighted by molar-refractivity contribution is -0.188. The number of rotatable bonds is 3. The molecule has 2 atom stereocenters. The van der Waals surface area contributed by atoms with E-state index in [1.807, 2.05) is 18.2 Å². The molecule has 1 aliphatic heterocycles. The van der Waals surface area contributed by atoms with E-state index < -0.39 is 24.0 Å². The Morgan fingerprint density at radius 1 is 1.32 bits per heavy atom. The second-order valence-electron chi connectivity index (χ2n) is 5.54. The van der Waals surface area contributed by atoms with Crippen LogP contribution in [0.3, 0.4) is 0 Å². The summed E-state index contributed by atoms with van der Waals surface area (Å²) in [6, 6.07) is 9.06. The fraction of sp³-hybridized carbons (Fsp3) is 0.400. The molecule has 1 fully saturated rings. The summed E-state index contributed by atoms with van der Waals surface area (Å²) in [5, 5.41) is 9.87. The second-order valence-corrected chi connectivity index (χ2v) is 5.54. The molecule has 1 saturated heterocycles. The molecule has 0 radical (unpaired) electrons. The third-order valence-corrected chi connectivity index (χ3v) is 3.99. The van der Waals surface area contributed by atoms with Crippen LogP contribution in [-0.4, -0.2) is 35.2 Å². The monoisotopic (exact) mass is 313 g/mol. The van der Waals surface area contributed by atoms with E-state index in [0.29, 0.717) is 11.3 Å². The van der Waals surface area contributed by atoms with Crippen molar-refractivity contribution in [2.75, 3.05) is 13.1 Å². The van der Waals surface area contributed by atoms with Crippen LogP contribution in [0.15, 0.2) is 34.7 Å². The predicted octanol–water partition coefficient (Wildman–Crippen LogP) is 3.13. The highest BCUT2D eigenvalue weighted by atomic mass is 19.4. The molecule has 2 heterocycles. The number of benzene rings is 1. The Morgan fingerprint density at radius 2 is 2.05 bits per heavy atom. The number of carboxylic acids is 1. The van der Waals surface area contributed by atoms with Gasteiger partial charge in [0.2, 0.25) is 0 Å². The number of para-hydroxylation sites is 1. The maximum Gasteiger partial charge on any atom is 0.393 e. The number of hydrogen-bond acceptors (Lipinski definition) is 3. The van der Waals surface area contributed by atoms with Gasteiger partial charge < -0.3 is 9.52 Å². The lowest BCUT2D eigenvalue weighted by atomic mass is 9.96. The molecule has 0 unspecified atom stereocenters.